The lowest BCUT2D eigenvalue weighted by Gasteiger charge is -2.26. The van der Waals surface area contributed by atoms with Gasteiger partial charge in [-0.25, -0.2) is 9.59 Å². The van der Waals surface area contributed by atoms with Crippen LogP contribution in [0.25, 0.3) is 21.5 Å². The number of hydrogen-bond acceptors (Lipinski definition) is 10. The number of benzene rings is 5. The zero-order valence-corrected chi connectivity index (χ0v) is 34.4. The summed E-state index contributed by atoms with van der Waals surface area (Å²) in [5.41, 5.74) is 4.23. The minimum atomic E-state index is -0.576. The van der Waals surface area contributed by atoms with Crippen molar-refractivity contribution in [3.63, 3.8) is 0 Å². The molecule has 0 amide bonds. The van der Waals surface area contributed by atoms with E-state index in [4.69, 9.17) is 33.4 Å². The predicted octanol–water partition coefficient (Wildman–Crippen LogP) is 9.76. The number of carbonyl (C=O) groups is 2. The first-order valence-corrected chi connectivity index (χ1v) is 20.7. The molecule has 3 aliphatic rings. The fourth-order valence-electron chi connectivity index (χ4n) is 7.17. The van der Waals surface area contributed by atoms with E-state index in [0.717, 1.165) is 77.1 Å². The van der Waals surface area contributed by atoms with Crippen molar-refractivity contribution >= 4 is 39.2 Å². The fourth-order valence-corrected chi connectivity index (χ4v) is 7.17. The number of ether oxygens (including phenoxy) is 6. The molecule has 61 heavy (non-hydrogen) atoms. The van der Waals surface area contributed by atoms with Gasteiger partial charge in [-0.1, -0.05) is 63.1 Å². The Morgan fingerprint density at radius 1 is 0.525 bits per heavy atom. The molecule has 308 valence electrons. The van der Waals surface area contributed by atoms with E-state index in [9.17, 15) is 9.59 Å². The number of aromatic nitrogens is 1. The van der Waals surface area contributed by atoms with Crippen molar-refractivity contribution in [1.29, 1.82) is 0 Å². The summed E-state index contributed by atoms with van der Waals surface area (Å²) in [4.78, 5) is 35.4. The number of hydrogen-bond donors (Lipinski definition) is 0. The lowest BCUT2D eigenvalue weighted by atomic mass is 10.1. The second-order valence-electron chi connectivity index (χ2n) is 14.9. The van der Waals surface area contributed by atoms with Crippen LogP contribution in [-0.4, -0.2) is 43.2 Å². The summed E-state index contributed by atoms with van der Waals surface area (Å²) in [7, 11) is 0. The maximum atomic E-state index is 14.1. The summed E-state index contributed by atoms with van der Waals surface area (Å²) < 4.78 is 36.7. The molecule has 0 fully saturated rings. The Morgan fingerprint density at radius 2 is 1.00 bits per heavy atom. The molecule has 0 saturated heterocycles. The van der Waals surface area contributed by atoms with Crippen LogP contribution in [-0.2, 0) is 35.9 Å². The van der Waals surface area contributed by atoms with Crippen LogP contribution in [0.15, 0.2) is 97.1 Å². The predicted molar refractivity (Wildman–Crippen MR) is 234 cm³/mol. The first-order valence-electron chi connectivity index (χ1n) is 20.7. The van der Waals surface area contributed by atoms with Gasteiger partial charge in [0.25, 0.3) is 0 Å². The molecule has 10 bridgehead atoms. The average Bonchev–Trinajstić information content (AvgIpc) is 3.28. The molecule has 5 aromatic carbocycles. The third-order valence-electron chi connectivity index (χ3n) is 10.5. The quantitative estimate of drug-likeness (QED) is 0.114. The van der Waals surface area contributed by atoms with Crippen LogP contribution in [0.3, 0.4) is 0 Å². The Bertz CT molecular complexity index is 2520. The van der Waals surface area contributed by atoms with Crippen LogP contribution in [0.2, 0.25) is 0 Å². The number of carbonyl (C=O) groups excluding carboxylic acids is 2. The Morgan fingerprint density at radius 3 is 1.46 bits per heavy atom. The van der Waals surface area contributed by atoms with Crippen molar-refractivity contribution in [3.05, 3.63) is 131 Å². The van der Waals surface area contributed by atoms with Crippen LogP contribution in [0.1, 0.15) is 82.8 Å². The molecule has 9 rings (SSSR count). The summed E-state index contributed by atoms with van der Waals surface area (Å²) in [5.74, 6) is 12.2. The lowest BCUT2D eigenvalue weighted by molar-refractivity contribution is 0.0458. The highest BCUT2D eigenvalue weighted by atomic mass is 16.5. The maximum absolute atomic E-state index is 14.1. The van der Waals surface area contributed by atoms with Gasteiger partial charge in [0, 0.05) is 18.8 Å². The van der Waals surface area contributed by atoms with Crippen molar-refractivity contribution in [2.24, 2.45) is 0 Å². The molecule has 0 atom stereocenters. The molecular weight excluding hydrogens is 769 g/mol. The highest BCUT2D eigenvalue weighted by Gasteiger charge is 2.21. The number of fused-ring (bicyclic) bond motifs is 6. The number of pyridine rings is 1. The standard InChI is InChI=1S/C51H46N2O8/c1-3-5-19-53(20-6-4-2)43-29-41-33-60-50(54)46-25-39-23-44-17-15-37(39)27-48(46)58-31-35-11-13-36(14-12-35)32-59-49-28-38-16-18-45(57-22-10-8-7-9-21-56-44)24-40(38)26-47(49)51(55)61-34-42(30-43)52-41/h11-18,23-30H,3-6,19-22,31-34H2,1-2H3. The topological polar surface area (TPSA) is 106 Å². The molecular formula is C51H46N2O8. The minimum Gasteiger partial charge on any atom is -0.488 e. The first-order chi connectivity index (χ1) is 29.9. The number of unbranched alkanes of at least 4 members (excludes halogenated alkanes) is 2. The third-order valence-corrected chi connectivity index (χ3v) is 10.5. The van der Waals surface area contributed by atoms with Crippen LogP contribution < -0.4 is 23.8 Å². The highest BCUT2D eigenvalue weighted by Crippen LogP contribution is 2.33. The van der Waals surface area contributed by atoms with Gasteiger partial charge in [0.2, 0.25) is 0 Å². The Labute approximate surface area is 355 Å². The van der Waals surface area contributed by atoms with E-state index in [2.05, 4.69) is 42.4 Å². The van der Waals surface area contributed by atoms with Crippen LogP contribution >= 0.6 is 0 Å². The van der Waals surface area contributed by atoms with Gasteiger partial charge < -0.3 is 33.3 Å². The van der Waals surface area contributed by atoms with Gasteiger partial charge in [0.1, 0.15) is 73.8 Å². The second kappa shape index (κ2) is 19.3. The molecule has 6 aromatic rings. The molecule has 0 N–H and O–H groups in total. The second-order valence-corrected chi connectivity index (χ2v) is 14.9. The molecule has 1 aromatic heterocycles. The molecule has 0 aliphatic carbocycles. The molecule has 4 heterocycles. The van der Waals surface area contributed by atoms with Gasteiger partial charge in [-0.3, -0.25) is 4.98 Å². The monoisotopic (exact) mass is 814 g/mol. The molecule has 0 radical (unpaired) electrons. The van der Waals surface area contributed by atoms with Crippen LogP contribution in [0.5, 0.6) is 23.0 Å². The van der Waals surface area contributed by atoms with E-state index in [1.54, 1.807) is 12.1 Å². The van der Waals surface area contributed by atoms with Crippen LogP contribution in [0.4, 0.5) is 5.69 Å². The van der Waals surface area contributed by atoms with Gasteiger partial charge in [-0.05, 0) is 130 Å². The normalized spacial score (nSPS) is 13.9. The molecule has 0 spiro atoms. The summed E-state index contributed by atoms with van der Waals surface area (Å²) in [6, 6.07) is 30.1. The number of anilines is 1. The van der Waals surface area contributed by atoms with E-state index in [1.165, 1.54) is 0 Å². The average molecular weight is 815 g/mol. The minimum absolute atomic E-state index is 0.111. The van der Waals surface area contributed by atoms with Crippen molar-refractivity contribution in [2.45, 2.75) is 66.0 Å². The van der Waals surface area contributed by atoms with Gasteiger partial charge in [-0.2, -0.15) is 0 Å². The summed E-state index contributed by atoms with van der Waals surface area (Å²) in [6.45, 7) is 6.37. The molecule has 0 saturated carbocycles. The number of esters is 2. The van der Waals surface area contributed by atoms with Crippen molar-refractivity contribution in [1.82, 2.24) is 4.98 Å². The Hall–Kier alpha value is -7.17. The number of rotatable bonds is 7. The van der Waals surface area contributed by atoms with Crippen molar-refractivity contribution in [3.8, 4) is 46.7 Å². The molecule has 10 nitrogen and oxygen atoms in total. The van der Waals surface area contributed by atoms with Crippen LogP contribution in [0, 0.1) is 23.7 Å². The zero-order chi connectivity index (χ0) is 42.0. The first kappa shape index (κ1) is 40.6. The van der Waals surface area contributed by atoms with E-state index in [1.807, 2.05) is 84.9 Å². The van der Waals surface area contributed by atoms with Gasteiger partial charge in [0.05, 0.1) is 11.4 Å². The van der Waals surface area contributed by atoms with Crippen molar-refractivity contribution in [2.75, 3.05) is 31.2 Å². The van der Waals surface area contributed by atoms with Gasteiger partial charge in [-0.15, -0.1) is 0 Å². The van der Waals surface area contributed by atoms with E-state index >= 15 is 0 Å². The van der Waals surface area contributed by atoms with E-state index < -0.39 is 11.9 Å². The molecule has 10 heteroatoms. The molecule has 0 unspecified atom stereocenters. The Kier molecular flexibility index (Phi) is 12.8. The van der Waals surface area contributed by atoms with Crippen molar-refractivity contribution < 1.29 is 38.0 Å². The van der Waals surface area contributed by atoms with Gasteiger partial charge >= 0.3 is 11.9 Å². The number of nitrogens with zero attached hydrogens (tertiary/aromatic N) is 2. The maximum Gasteiger partial charge on any atom is 0.342 e. The SMILES string of the molecule is CCCCN(CCCC)c1cc2nc(c1)COC(=O)c1cc3cc4ccc3cc1OCc1ccc(cc1)COc1cc3ccc(cc3cc1C(=O)OC2)OCC#CC#CCO4. The fraction of sp³-hybridized carbons (Fsp3) is 0.275. The summed E-state index contributed by atoms with van der Waals surface area (Å²) in [6.07, 6.45) is 4.06. The molecule has 3 aliphatic heterocycles. The zero-order valence-electron chi connectivity index (χ0n) is 34.4. The van der Waals surface area contributed by atoms with E-state index in [0.29, 0.717) is 34.4 Å². The summed E-state index contributed by atoms with van der Waals surface area (Å²) in [5, 5.41) is 3.21. The summed E-state index contributed by atoms with van der Waals surface area (Å²) >= 11 is 0. The third kappa shape index (κ3) is 10.2. The lowest BCUT2D eigenvalue weighted by Crippen LogP contribution is -2.26. The highest BCUT2D eigenvalue weighted by molar-refractivity contribution is 6.00. The Balaban J connectivity index is 1.25. The largest absolute Gasteiger partial charge is 0.488 e. The smallest absolute Gasteiger partial charge is 0.342 e. The van der Waals surface area contributed by atoms with Gasteiger partial charge in [0.15, 0.2) is 0 Å². The van der Waals surface area contributed by atoms with E-state index in [-0.39, 0.29) is 50.8 Å².